The summed E-state index contributed by atoms with van der Waals surface area (Å²) in [6.07, 6.45) is 5.96. The molecule has 114 valence electrons. The standard InChI is InChI=1S/C17H26N4/c1-6-14(4)21-8-7-15(20-21)10-16(18-5)17-13(3)9-12(2)11-19-17/h7-9,11,14,16,18H,6,10H2,1-5H3. The molecule has 0 saturated heterocycles. The average Bonchev–Trinajstić information content (AvgIpc) is 2.93. The zero-order valence-corrected chi connectivity index (χ0v) is 13.7. The second-order valence-electron chi connectivity index (χ2n) is 5.80. The van der Waals surface area contributed by atoms with Crippen LogP contribution >= 0.6 is 0 Å². The predicted octanol–water partition coefficient (Wildman–Crippen LogP) is 3.37. The molecule has 2 unspecified atom stereocenters. The highest BCUT2D eigenvalue weighted by atomic mass is 15.3. The summed E-state index contributed by atoms with van der Waals surface area (Å²) < 4.78 is 2.05. The van der Waals surface area contributed by atoms with Crippen molar-refractivity contribution >= 4 is 0 Å². The summed E-state index contributed by atoms with van der Waals surface area (Å²) >= 11 is 0. The van der Waals surface area contributed by atoms with E-state index in [-0.39, 0.29) is 6.04 Å². The van der Waals surface area contributed by atoms with Crippen LogP contribution in [-0.2, 0) is 6.42 Å². The monoisotopic (exact) mass is 286 g/mol. The third-order valence-corrected chi connectivity index (χ3v) is 4.05. The van der Waals surface area contributed by atoms with Gasteiger partial charge in [-0.15, -0.1) is 0 Å². The number of hydrogen-bond acceptors (Lipinski definition) is 3. The van der Waals surface area contributed by atoms with Gasteiger partial charge in [-0.25, -0.2) is 0 Å². The summed E-state index contributed by atoms with van der Waals surface area (Å²) in [5.74, 6) is 0. The number of aromatic nitrogens is 3. The lowest BCUT2D eigenvalue weighted by Crippen LogP contribution is -2.21. The average molecular weight is 286 g/mol. The van der Waals surface area contributed by atoms with Gasteiger partial charge in [-0.1, -0.05) is 13.0 Å². The Morgan fingerprint density at radius 1 is 1.33 bits per heavy atom. The van der Waals surface area contributed by atoms with Crippen LogP contribution in [0.5, 0.6) is 0 Å². The number of nitrogens with zero attached hydrogens (tertiary/aromatic N) is 3. The third-order valence-electron chi connectivity index (χ3n) is 4.05. The molecule has 0 fully saturated rings. The van der Waals surface area contributed by atoms with Crippen LogP contribution in [-0.4, -0.2) is 21.8 Å². The van der Waals surface area contributed by atoms with Gasteiger partial charge in [0.05, 0.1) is 17.4 Å². The molecule has 0 aromatic carbocycles. The van der Waals surface area contributed by atoms with Crippen molar-refractivity contribution in [3.8, 4) is 0 Å². The Bertz CT molecular complexity index is 588. The van der Waals surface area contributed by atoms with Crippen LogP contribution in [0.15, 0.2) is 24.5 Å². The van der Waals surface area contributed by atoms with Gasteiger partial charge in [0.15, 0.2) is 0 Å². The first kappa shape index (κ1) is 15.7. The molecule has 0 aliphatic heterocycles. The normalized spacial score (nSPS) is 14.1. The minimum atomic E-state index is 0.200. The van der Waals surface area contributed by atoms with Crippen LogP contribution in [0, 0.1) is 13.8 Å². The van der Waals surface area contributed by atoms with Gasteiger partial charge in [0.1, 0.15) is 0 Å². The maximum atomic E-state index is 4.69. The Balaban J connectivity index is 2.17. The van der Waals surface area contributed by atoms with E-state index in [1.165, 1.54) is 11.1 Å². The molecule has 2 heterocycles. The molecule has 0 saturated carbocycles. The van der Waals surface area contributed by atoms with Gasteiger partial charge in [0.25, 0.3) is 0 Å². The molecular formula is C17H26N4. The van der Waals surface area contributed by atoms with E-state index >= 15 is 0 Å². The maximum absolute atomic E-state index is 4.69. The molecule has 0 aliphatic carbocycles. The zero-order chi connectivity index (χ0) is 15.4. The van der Waals surface area contributed by atoms with Crippen molar-refractivity contribution in [2.24, 2.45) is 0 Å². The molecule has 2 atom stereocenters. The number of pyridine rings is 1. The summed E-state index contributed by atoms with van der Waals surface area (Å²) in [6, 6.07) is 4.95. The molecule has 0 aliphatic rings. The second kappa shape index (κ2) is 6.85. The van der Waals surface area contributed by atoms with Gasteiger partial charge in [-0.05, 0) is 51.4 Å². The van der Waals surface area contributed by atoms with Gasteiger partial charge in [0.2, 0.25) is 0 Å². The largest absolute Gasteiger partial charge is 0.311 e. The van der Waals surface area contributed by atoms with E-state index in [1.54, 1.807) is 0 Å². The summed E-state index contributed by atoms with van der Waals surface area (Å²) in [4.78, 5) is 4.61. The first-order chi connectivity index (χ1) is 10.0. The third kappa shape index (κ3) is 3.70. The molecular weight excluding hydrogens is 260 g/mol. The van der Waals surface area contributed by atoms with Crippen molar-refractivity contribution < 1.29 is 0 Å². The van der Waals surface area contributed by atoms with Crippen LogP contribution in [0.4, 0.5) is 0 Å². The molecule has 0 bridgehead atoms. The highest BCUT2D eigenvalue weighted by Gasteiger charge is 2.16. The fraction of sp³-hybridized carbons (Fsp3) is 0.529. The van der Waals surface area contributed by atoms with Crippen LogP contribution in [0.3, 0.4) is 0 Å². The van der Waals surface area contributed by atoms with Crippen LogP contribution in [0.1, 0.15) is 54.9 Å². The van der Waals surface area contributed by atoms with Gasteiger partial charge in [-0.3, -0.25) is 9.67 Å². The topological polar surface area (TPSA) is 42.7 Å². The predicted molar refractivity (Wildman–Crippen MR) is 86.4 cm³/mol. The lowest BCUT2D eigenvalue weighted by Gasteiger charge is -2.17. The van der Waals surface area contributed by atoms with Crippen molar-refractivity contribution in [1.82, 2.24) is 20.1 Å². The molecule has 2 rings (SSSR count). The van der Waals surface area contributed by atoms with Crippen molar-refractivity contribution in [2.75, 3.05) is 7.05 Å². The van der Waals surface area contributed by atoms with E-state index in [9.17, 15) is 0 Å². The molecule has 4 nitrogen and oxygen atoms in total. The fourth-order valence-corrected chi connectivity index (χ4v) is 2.55. The van der Waals surface area contributed by atoms with E-state index in [4.69, 9.17) is 5.10 Å². The Labute approximate surface area is 127 Å². The summed E-state index contributed by atoms with van der Waals surface area (Å²) in [5.41, 5.74) is 4.65. The smallest absolute Gasteiger partial charge is 0.0644 e. The van der Waals surface area contributed by atoms with Crippen molar-refractivity contribution in [3.05, 3.63) is 47.0 Å². The molecule has 2 aromatic rings. The van der Waals surface area contributed by atoms with E-state index < -0.39 is 0 Å². The van der Waals surface area contributed by atoms with Crippen molar-refractivity contribution in [3.63, 3.8) is 0 Å². The van der Waals surface area contributed by atoms with Gasteiger partial charge >= 0.3 is 0 Å². The van der Waals surface area contributed by atoms with Gasteiger partial charge in [0, 0.05) is 24.9 Å². The van der Waals surface area contributed by atoms with Crippen LogP contribution < -0.4 is 5.32 Å². The van der Waals surface area contributed by atoms with Gasteiger partial charge in [-0.2, -0.15) is 5.10 Å². The highest BCUT2D eigenvalue weighted by Crippen LogP contribution is 2.20. The molecule has 0 radical (unpaired) electrons. The van der Waals surface area contributed by atoms with Crippen LogP contribution in [0.2, 0.25) is 0 Å². The van der Waals surface area contributed by atoms with E-state index in [2.05, 4.69) is 61.0 Å². The molecule has 2 aromatic heterocycles. The summed E-state index contributed by atoms with van der Waals surface area (Å²) in [5, 5.41) is 8.06. The Morgan fingerprint density at radius 2 is 2.10 bits per heavy atom. The second-order valence-corrected chi connectivity index (χ2v) is 5.80. The number of likely N-dealkylation sites (N-methyl/N-ethyl adjacent to an activating group) is 1. The van der Waals surface area contributed by atoms with Gasteiger partial charge < -0.3 is 5.32 Å². The number of hydrogen-bond donors (Lipinski definition) is 1. The first-order valence-corrected chi connectivity index (χ1v) is 7.69. The minimum absolute atomic E-state index is 0.200. The number of rotatable bonds is 6. The molecule has 21 heavy (non-hydrogen) atoms. The minimum Gasteiger partial charge on any atom is -0.311 e. The highest BCUT2D eigenvalue weighted by molar-refractivity contribution is 5.26. The Hall–Kier alpha value is -1.68. The Kier molecular flexibility index (Phi) is 5.12. The van der Waals surface area contributed by atoms with Crippen molar-refractivity contribution in [2.45, 2.75) is 52.6 Å². The summed E-state index contributed by atoms with van der Waals surface area (Å²) in [6.45, 7) is 8.57. The van der Waals surface area contributed by atoms with Crippen LogP contribution in [0.25, 0.3) is 0 Å². The fourth-order valence-electron chi connectivity index (χ4n) is 2.55. The summed E-state index contributed by atoms with van der Waals surface area (Å²) in [7, 11) is 1.98. The first-order valence-electron chi connectivity index (χ1n) is 7.69. The maximum Gasteiger partial charge on any atom is 0.0644 e. The Morgan fingerprint density at radius 3 is 2.71 bits per heavy atom. The van der Waals surface area contributed by atoms with Crippen molar-refractivity contribution in [1.29, 1.82) is 0 Å². The SMILES string of the molecule is CCC(C)n1ccc(CC(NC)c2ncc(C)cc2C)n1. The lowest BCUT2D eigenvalue weighted by molar-refractivity contribution is 0.468. The molecule has 4 heteroatoms. The number of nitrogens with one attached hydrogen (secondary N) is 1. The molecule has 0 spiro atoms. The van der Waals surface area contributed by atoms with E-state index in [0.717, 1.165) is 24.2 Å². The van der Waals surface area contributed by atoms with E-state index in [1.807, 2.05) is 13.2 Å². The van der Waals surface area contributed by atoms with E-state index in [0.29, 0.717) is 6.04 Å². The number of aryl methyl sites for hydroxylation is 2. The lowest BCUT2D eigenvalue weighted by atomic mass is 10.0. The molecule has 0 amide bonds. The molecule has 1 N–H and O–H groups in total. The zero-order valence-electron chi connectivity index (χ0n) is 13.7. The quantitative estimate of drug-likeness (QED) is 0.885.